The van der Waals surface area contributed by atoms with Gasteiger partial charge in [0.2, 0.25) is 0 Å². The molecule has 0 bridgehead atoms. The fourth-order valence-electron chi connectivity index (χ4n) is 4.41. The van der Waals surface area contributed by atoms with E-state index in [-0.39, 0.29) is 32.0 Å². The molecular weight excluding hydrogens is 486 g/mol. The first-order valence-corrected chi connectivity index (χ1v) is 12.5. The molecule has 0 N–H and O–H groups in total. The average molecular weight is 514 g/mol. The van der Waals surface area contributed by atoms with Crippen LogP contribution in [0.3, 0.4) is 0 Å². The van der Waals surface area contributed by atoms with E-state index < -0.39 is 28.8 Å². The van der Waals surface area contributed by atoms with E-state index in [1.54, 1.807) is 27.9 Å². The maximum absolute atomic E-state index is 13.3. The number of rotatable bonds is 6. The number of fused-ring (bicyclic) bond motifs is 1. The van der Waals surface area contributed by atoms with Crippen LogP contribution in [0.25, 0.3) is 16.6 Å². The number of aryl methyl sites for hydroxylation is 1. The van der Waals surface area contributed by atoms with Crippen LogP contribution in [0.4, 0.5) is 17.6 Å². The summed E-state index contributed by atoms with van der Waals surface area (Å²) in [6.45, 7) is 1.95. The normalized spacial score (nSPS) is 18.6. The highest BCUT2D eigenvalue weighted by molar-refractivity contribution is 7.86. The lowest BCUT2D eigenvalue weighted by Crippen LogP contribution is -2.53. The number of nitrogens with zero attached hydrogens (tertiary/aromatic N) is 5. The van der Waals surface area contributed by atoms with Crippen LogP contribution in [-0.2, 0) is 10.2 Å². The quantitative estimate of drug-likeness (QED) is 0.470. The summed E-state index contributed by atoms with van der Waals surface area (Å²) in [6.07, 6.45) is -3.65. The summed E-state index contributed by atoms with van der Waals surface area (Å²) in [7, 11) is -0.864. The van der Waals surface area contributed by atoms with Crippen molar-refractivity contribution in [2.75, 3.05) is 40.3 Å². The van der Waals surface area contributed by atoms with Crippen LogP contribution in [-0.4, -0.2) is 78.2 Å². The van der Waals surface area contributed by atoms with Crippen LogP contribution < -0.4 is 0 Å². The fraction of sp³-hybridized carbons (Fsp3) is 0.435. The minimum Gasteiger partial charge on any atom is -0.293 e. The van der Waals surface area contributed by atoms with Gasteiger partial charge in [-0.25, -0.2) is 9.07 Å². The molecular formula is C23H27F4N5O2S. The number of aromatic nitrogens is 2. The summed E-state index contributed by atoms with van der Waals surface area (Å²) < 4.78 is 82.0. The predicted octanol–water partition coefficient (Wildman–Crippen LogP) is 3.89. The molecule has 1 atom stereocenters. The van der Waals surface area contributed by atoms with Crippen LogP contribution in [0.1, 0.15) is 23.6 Å². The third-order valence-electron chi connectivity index (χ3n) is 6.31. The molecule has 0 aliphatic carbocycles. The molecule has 0 saturated carbocycles. The molecule has 4 rings (SSSR count). The first-order chi connectivity index (χ1) is 16.4. The Morgan fingerprint density at radius 3 is 2.43 bits per heavy atom. The lowest BCUT2D eigenvalue weighted by atomic mass is 9.96. The van der Waals surface area contributed by atoms with Crippen molar-refractivity contribution in [1.82, 2.24) is 23.3 Å². The van der Waals surface area contributed by atoms with E-state index in [0.29, 0.717) is 5.69 Å². The monoisotopic (exact) mass is 513 g/mol. The Balaban J connectivity index is 1.73. The summed E-state index contributed by atoms with van der Waals surface area (Å²) in [5.41, 5.74) is 2.97. The molecule has 35 heavy (non-hydrogen) atoms. The average Bonchev–Trinajstić information content (AvgIpc) is 3.19. The summed E-state index contributed by atoms with van der Waals surface area (Å²) in [4.78, 5) is 1.70. The molecule has 1 saturated heterocycles. The zero-order valence-electron chi connectivity index (χ0n) is 19.6. The molecule has 3 aromatic rings. The minimum absolute atomic E-state index is 0.0385. The molecule has 1 fully saturated rings. The van der Waals surface area contributed by atoms with E-state index in [9.17, 15) is 26.0 Å². The number of hydrogen-bond acceptors (Lipinski definition) is 4. The lowest BCUT2D eigenvalue weighted by Gasteiger charge is -2.42. The van der Waals surface area contributed by atoms with Gasteiger partial charge in [-0.1, -0.05) is 0 Å². The van der Waals surface area contributed by atoms with Gasteiger partial charge in [-0.3, -0.25) is 4.90 Å². The summed E-state index contributed by atoms with van der Waals surface area (Å²) in [6, 6.07) is 9.06. The zero-order chi connectivity index (χ0) is 25.5. The van der Waals surface area contributed by atoms with Gasteiger partial charge in [0.15, 0.2) is 0 Å². The lowest BCUT2D eigenvalue weighted by molar-refractivity contribution is -0.140. The Hall–Kier alpha value is -2.54. The molecule has 2 aromatic carbocycles. The fourth-order valence-corrected chi connectivity index (χ4v) is 5.52. The molecule has 0 radical (unpaired) electrons. The van der Waals surface area contributed by atoms with Crippen LogP contribution in [0.2, 0.25) is 0 Å². The number of halogens is 4. The van der Waals surface area contributed by atoms with Gasteiger partial charge < -0.3 is 0 Å². The number of alkyl halides is 3. The maximum Gasteiger partial charge on any atom is 0.390 e. The molecule has 1 aliphatic heterocycles. The van der Waals surface area contributed by atoms with Crippen molar-refractivity contribution in [2.24, 2.45) is 0 Å². The highest BCUT2D eigenvalue weighted by Crippen LogP contribution is 2.34. The second-order valence-electron chi connectivity index (χ2n) is 8.87. The second-order valence-corrected chi connectivity index (χ2v) is 11.0. The Bertz CT molecular complexity index is 1310. The molecule has 7 nitrogen and oxygen atoms in total. The first-order valence-electron chi connectivity index (χ1n) is 11.1. The Kier molecular flexibility index (Phi) is 6.93. The highest BCUT2D eigenvalue weighted by Gasteiger charge is 2.38. The Morgan fingerprint density at radius 2 is 1.80 bits per heavy atom. The number of hydrogen-bond donors (Lipinski definition) is 0. The third-order valence-corrected chi connectivity index (χ3v) is 8.22. The van der Waals surface area contributed by atoms with Crippen molar-refractivity contribution in [3.8, 4) is 5.69 Å². The molecule has 1 aliphatic rings. The number of benzene rings is 2. The van der Waals surface area contributed by atoms with Crippen molar-refractivity contribution in [3.05, 3.63) is 59.5 Å². The van der Waals surface area contributed by atoms with Gasteiger partial charge in [-0.05, 0) is 54.4 Å². The van der Waals surface area contributed by atoms with E-state index in [1.165, 1.54) is 30.5 Å². The Morgan fingerprint density at radius 1 is 1.11 bits per heavy atom. The first kappa shape index (κ1) is 25.5. The zero-order valence-corrected chi connectivity index (χ0v) is 20.4. The van der Waals surface area contributed by atoms with E-state index in [1.807, 2.05) is 19.1 Å². The van der Waals surface area contributed by atoms with Gasteiger partial charge in [0.05, 0.1) is 23.8 Å². The SMILES string of the molecule is Cc1cc2c(cnn2-c2ccc(F)cc2)cc1[C@@H]1CN(S(=O)(=O)N(C)C)CCN1CCC(F)(F)F. The third kappa shape index (κ3) is 5.35. The van der Waals surface area contributed by atoms with Gasteiger partial charge in [0.25, 0.3) is 10.2 Å². The van der Waals surface area contributed by atoms with Crippen LogP contribution in [0, 0.1) is 12.7 Å². The van der Waals surface area contributed by atoms with E-state index in [0.717, 1.165) is 26.3 Å². The van der Waals surface area contributed by atoms with E-state index in [4.69, 9.17) is 0 Å². The van der Waals surface area contributed by atoms with Gasteiger partial charge in [-0.15, -0.1) is 0 Å². The molecule has 0 spiro atoms. The second kappa shape index (κ2) is 9.49. The van der Waals surface area contributed by atoms with Crippen LogP contribution >= 0.6 is 0 Å². The maximum atomic E-state index is 13.3. The van der Waals surface area contributed by atoms with Crippen molar-refractivity contribution in [3.63, 3.8) is 0 Å². The van der Waals surface area contributed by atoms with E-state index >= 15 is 0 Å². The highest BCUT2D eigenvalue weighted by atomic mass is 32.2. The molecule has 0 amide bonds. The topological polar surface area (TPSA) is 61.7 Å². The smallest absolute Gasteiger partial charge is 0.293 e. The largest absolute Gasteiger partial charge is 0.390 e. The van der Waals surface area contributed by atoms with Crippen molar-refractivity contribution < 1.29 is 26.0 Å². The Labute approximate surface area is 201 Å². The van der Waals surface area contributed by atoms with Gasteiger partial charge in [0.1, 0.15) is 5.82 Å². The van der Waals surface area contributed by atoms with Crippen LogP contribution in [0.15, 0.2) is 42.6 Å². The molecule has 2 heterocycles. The van der Waals surface area contributed by atoms with Crippen molar-refractivity contribution in [1.29, 1.82) is 0 Å². The molecule has 12 heteroatoms. The summed E-state index contributed by atoms with van der Waals surface area (Å²) in [5.74, 6) is -0.364. The van der Waals surface area contributed by atoms with Gasteiger partial charge >= 0.3 is 6.18 Å². The molecule has 190 valence electrons. The molecule has 0 unspecified atom stereocenters. The predicted molar refractivity (Wildman–Crippen MR) is 125 cm³/mol. The standard InChI is InChI=1S/C23H27F4N5O2S/c1-16-12-21-17(14-28-32(21)19-6-4-18(24)5-7-19)13-20(16)22-15-31(35(33,34)29(2)3)11-10-30(22)9-8-23(25,26)27/h4-7,12-14,22H,8-11,15H2,1-3H3/t22-/m0/s1. The minimum atomic E-state index is -4.31. The van der Waals surface area contributed by atoms with E-state index in [2.05, 4.69) is 5.10 Å². The van der Waals surface area contributed by atoms with Crippen molar-refractivity contribution >= 4 is 21.1 Å². The van der Waals surface area contributed by atoms with Crippen molar-refractivity contribution in [2.45, 2.75) is 25.6 Å². The van der Waals surface area contributed by atoms with Crippen LogP contribution in [0.5, 0.6) is 0 Å². The molecule has 1 aromatic heterocycles. The summed E-state index contributed by atoms with van der Waals surface area (Å²) in [5, 5.41) is 5.15. The van der Waals surface area contributed by atoms with Gasteiger partial charge in [-0.2, -0.15) is 35.3 Å². The summed E-state index contributed by atoms with van der Waals surface area (Å²) >= 11 is 0. The number of piperazine rings is 1. The van der Waals surface area contributed by atoms with Gasteiger partial charge in [0, 0.05) is 51.7 Å².